The predicted octanol–water partition coefficient (Wildman–Crippen LogP) is 1.35. The monoisotopic (exact) mass is 264 g/mol. The summed E-state index contributed by atoms with van der Waals surface area (Å²) in [5.41, 5.74) is 1.09. The third-order valence-corrected chi connectivity index (χ3v) is 3.89. The lowest BCUT2D eigenvalue weighted by molar-refractivity contribution is -0.147. The number of benzene rings is 1. The normalized spacial score (nSPS) is 22.8. The van der Waals surface area contributed by atoms with Crippen molar-refractivity contribution in [3.63, 3.8) is 0 Å². The fourth-order valence-corrected chi connectivity index (χ4v) is 2.72. The second-order valence-electron chi connectivity index (χ2n) is 5.01. The fraction of sp³-hybridized carbons (Fsp3) is 0.467. The van der Waals surface area contributed by atoms with Gasteiger partial charge in [-0.2, -0.15) is 0 Å². The van der Waals surface area contributed by atoms with Crippen LogP contribution >= 0.6 is 0 Å². The van der Waals surface area contributed by atoms with Gasteiger partial charge in [-0.1, -0.05) is 12.1 Å². The van der Waals surface area contributed by atoms with Crippen LogP contribution in [0.1, 0.15) is 31.2 Å². The van der Waals surface area contributed by atoms with Gasteiger partial charge in [-0.05, 0) is 37.8 Å². The molecule has 1 fully saturated rings. The topological polar surface area (TPSA) is 51.9 Å². The van der Waals surface area contributed by atoms with Crippen LogP contribution in [0.25, 0.3) is 0 Å². The molecule has 0 heterocycles. The van der Waals surface area contributed by atoms with Crippen molar-refractivity contribution in [2.75, 3.05) is 7.11 Å². The SMILES string of the molecule is COC(=O)C1CCC(C(=[NH2+])c2ccccc2F)CC1. The summed E-state index contributed by atoms with van der Waals surface area (Å²) >= 11 is 0. The Hall–Kier alpha value is -1.71. The maximum atomic E-state index is 13.7. The van der Waals surface area contributed by atoms with Gasteiger partial charge in [-0.15, -0.1) is 0 Å². The number of ether oxygens (including phenoxy) is 1. The molecular weight excluding hydrogens is 245 g/mol. The molecule has 102 valence electrons. The van der Waals surface area contributed by atoms with Crippen LogP contribution in [0, 0.1) is 17.7 Å². The average molecular weight is 264 g/mol. The first kappa shape index (κ1) is 13.7. The van der Waals surface area contributed by atoms with E-state index in [2.05, 4.69) is 0 Å². The summed E-state index contributed by atoms with van der Waals surface area (Å²) in [4.78, 5) is 11.4. The molecule has 0 bridgehead atoms. The zero-order chi connectivity index (χ0) is 13.8. The molecule has 0 amide bonds. The van der Waals surface area contributed by atoms with E-state index in [1.807, 2.05) is 0 Å². The number of esters is 1. The Morgan fingerprint density at radius 1 is 1.21 bits per heavy atom. The van der Waals surface area contributed by atoms with Crippen LogP contribution in [-0.2, 0) is 9.53 Å². The molecule has 1 aliphatic carbocycles. The molecule has 0 unspecified atom stereocenters. The van der Waals surface area contributed by atoms with E-state index in [1.165, 1.54) is 13.2 Å². The second-order valence-corrected chi connectivity index (χ2v) is 5.01. The molecular formula is C15H19FNO2+. The smallest absolute Gasteiger partial charge is 0.308 e. The summed E-state index contributed by atoms with van der Waals surface area (Å²) in [5, 5.41) is 6.09. The highest BCUT2D eigenvalue weighted by Crippen LogP contribution is 2.31. The van der Waals surface area contributed by atoms with E-state index in [9.17, 15) is 9.18 Å². The molecule has 1 saturated carbocycles. The van der Waals surface area contributed by atoms with Crippen molar-refractivity contribution in [3.8, 4) is 0 Å². The maximum Gasteiger partial charge on any atom is 0.308 e. The Morgan fingerprint density at radius 2 is 1.79 bits per heavy atom. The molecule has 0 aromatic heterocycles. The third kappa shape index (κ3) is 3.00. The Bertz CT molecular complexity index is 479. The molecule has 2 N–H and O–H groups in total. The van der Waals surface area contributed by atoms with E-state index in [4.69, 9.17) is 10.1 Å². The summed E-state index contributed by atoms with van der Waals surface area (Å²) < 4.78 is 18.4. The van der Waals surface area contributed by atoms with Crippen LogP contribution in [-0.4, -0.2) is 18.8 Å². The highest BCUT2D eigenvalue weighted by molar-refractivity contribution is 5.98. The standard InChI is InChI=1S/C15H18FNO2/c1-19-15(18)11-8-6-10(7-9-11)14(17)12-4-2-3-5-13(12)16/h2-5,10-11,17H,6-9H2,1H3/p+1. The molecule has 0 atom stereocenters. The summed E-state index contributed by atoms with van der Waals surface area (Å²) in [6.45, 7) is 0. The van der Waals surface area contributed by atoms with Gasteiger partial charge in [-0.25, -0.2) is 4.39 Å². The first-order chi connectivity index (χ1) is 9.13. The number of methoxy groups -OCH3 is 1. The van der Waals surface area contributed by atoms with Gasteiger partial charge in [0.2, 0.25) is 0 Å². The molecule has 0 aliphatic heterocycles. The number of rotatable bonds is 3. The van der Waals surface area contributed by atoms with Crippen LogP contribution in [0.15, 0.2) is 24.3 Å². The maximum absolute atomic E-state index is 13.7. The van der Waals surface area contributed by atoms with Crippen LogP contribution in [0.3, 0.4) is 0 Å². The van der Waals surface area contributed by atoms with Gasteiger partial charge in [0, 0.05) is 5.92 Å². The van der Waals surface area contributed by atoms with E-state index in [-0.39, 0.29) is 23.6 Å². The number of halogens is 1. The van der Waals surface area contributed by atoms with Gasteiger partial charge in [0.05, 0.1) is 18.6 Å². The average Bonchev–Trinajstić information content (AvgIpc) is 2.46. The van der Waals surface area contributed by atoms with Crippen molar-refractivity contribution in [2.45, 2.75) is 25.7 Å². The highest BCUT2D eigenvalue weighted by Gasteiger charge is 2.32. The summed E-state index contributed by atoms with van der Waals surface area (Å²) in [6, 6.07) is 6.56. The summed E-state index contributed by atoms with van der Waals surface area (Å²) in [5.74, 6) is -0.314. The number of nitrogens with two attached hydrogens (primary N) is 1. The van der Waals surface area contributed by atoms with E-state index in [1.54, 1.807) is 18.2 Å². The van der Waals surface area contributed by atoms with Gasteiger partial charge in [-0.3, -0.25) is 10.2 Å². The van der Waals surface area contributed by atoms with Gasteiger partial charge in [0.15, 0.2) is 5.71 Å². The van der Waals surface area contributed by atoms with Crippen molar-refractivity contribution in [3.05, 3.63) is 35.6 Å². The molecule has 1 aromatic carbocycles. The van der Waals surface area contributed by atoms with E-state index < -0.39 is 0 Å². The number of hydrogen-bond donors (Lipinski definition) is 1. The summed E-state index contributed by atoms with van der Waals surface area (Å²) in [7, 11) is 1.41. The largest absolute Gasteiger partial charge is 0.469 e. The van der Waals surface area contributed by atoms with E-state index >= 15 is 0 Å². The quantitative estimate of drug-likeness (QED) is 0.662. The molecule has 3 nitrogen and oxygen atoms in total. The van der Waals surface area contributed by atoms with Gasteiger partial charge >= 0.3 is 5.97 Å². The van der Waals surface area contributed by atoms with Gasteiger partial charge in [0.25, 0.3) is 0 Å². The molecule has 0 spiro atoms. The van der Waals surface area contributed by atoms with Crippen LogP contribution in [0.5, 0.6) is 0 Å². The second kappa shape index (κ2) is 5.95. The van der Waals surface area contributed by atoms with E-state index in [0.29, 0.717) is 11.3 Å². The zero-order valence-corrected chi connectivity index (χ0v) is 11.1. The molecule has 19 heavy (non-hydrogen) atoms. The lowest BCUT2D eigenvalue weighted by atomic mass is 9.78. The number of hydrogen-bond acceptors (Lipinski definition) is 2. The molecule has 0 radical (unpaired) electrons. The minimum absolute atomic E-state index is 0.0327. The predicted molar refractivity (Wildman–Crippen MR) is 69.9 cm³/mol. The molecule has 4 heteroatoms. The highest BCUT2D eigenvalue weighted by atomic mass is 19.1. The Morgan fingerprint density at radius 3 is 2.37 bits per heavy atom. The Kier molecular flexibility index (Phi) is 4.30. The first-order valence-corrected chi connectivity index (χ1v) is 6.58. The Balaban J connectivity index is 2.00. The van der Waals surface area contributed by atoms with Crippen LogP contribution in [0.4, 0.5) is 4.39 Å². The first-order valence-electron chi connectivity index (χ1n) is 6.58. The van der Waals surface area contributed by atoms with Gasteiger partial charge < -0.3 is 4.74 Å². The lowest BCUT2D eigenvalue weighted by Crippen LogP contribution is -2.46. The van der Waals surface area contributed by atoms with Crippen LogP contribution < -0.4 is 5.41 Å². The van der Waals surface area contributed by atoms with Crippen LogP contribution in [0.2, 0.25) is 0 Å². The van der Waals surface area contributed by atoms with Crippen molar-refractivity contribution in [2.24, 2.45) is 11.8 Å². The number of carbonyl (C=O) groups excluding carboxylic acids is 1. The zero-order valence-electron chi connectivity index (χ0n) is 11.1. The number of carbonyl (C=O) groups is 1. The summed E-state index contributed by atoms with van der Waals surface area (Å²) in [6.07, 6.45) is 3.12. The van der Waals surface area contributed by atoms with Crippen molar-refractivity contribution in [1.82, 2.24) is 0 Å². The minimum Gasteiger partial charge on any atom is -0.469 e. The molecule has 1 aromatic rings. The molecule has 1 aliphatic rings. The van der Waals surface area contributed by atoms with E-state index in [0.717, 1.165) is 25.7 Å². The third-order valence-electron chi connectivity index (χ3n) is 3.89. The van der Waals surface area contributed by atoms with Crippen molar-refractivity contribution >= 4 is 11.7 Å². The molecule has 2 rings (SSSR count). The lowest BCUT2D eigenvalue weighted by Gasteiger charge is -2.25. The van der Waals surface area contributed by atoms with Crippen molar-refractivity contribution in [1.29, 1.82) is 0 Å². The van der Waals surface area contributed by atoms with Gasteiger partial charge in [0.1, 0.15) is 5.82 Å². The molecule has 0 saturated heterocycles. The Labute approximate surface area is 112 Å². The fourth-order valence-electron chi connectivity index (χ4n) is 2.72. The van der Waals surface area contributed by atoms with Crippen molar-refractivity contribution < 1.29 is 19.3 Å². The minimum atomic E-state index is -0.282.